The molecule has 1 saturated heterocycles. The molecule has 0 bridgehead atoms. The number of oxazole rings is 1. The van der Waals surface area contributed by atoms with Crippen LogP contribution in [-0.2, 0) is 6.42 Å². The van der Waals surface area contributed by atoms with E-state index in [4.69, 9.17) is 9.52 Å². The lowest BCUT2D eigenvalue weighted by atomic mass is 10.2. The Hall–Kier alpha value is -0.480. The maximum Gasteiger partial charge on any atom is 0.196 e. The van der Waals surface area contributed by atoms with Gasteiger partial charge in [-0.1, -0.05) is 0 Å². The third-order valence-electron chi connectivity index (χ3n) is 2.15. The predicted octanol–water partition coefficient (Wildman–Crippen LogP) is 1.78. The van der Waals surface area contributed by atoms with E-state index in [1.54, 1.807) is 6.26 Å². The van der Waals surface area contributed by atoms with E-state index in [-0.39, 0.29) is 6.61 Å². The van der Waals surface area contributed by atoms with Crippen molar-refractivity contribution in [2.75, 3.05) is 12.4 Å². The summed E-state index contributed by atoms with van der Waals surface area (Å²) in [7, 11) is 0. The molecule has 1 unspecified atom stereocenters. The normalized spacial score (nSPS) is 22.4. The van der Waals surface area contributed by atoms with Crippen LogP contribution in [-0.4, -0.2) is 22.5 Å². The van der Waals surface area contributed by atoms with Gasteiger partial charge in [0.05, 0.1) is 17.6 Å². The third-order valence-corrected chi connectivity index (χ3v) is 3.56. The van der Waals surface area contributed by atoms with Crippen LogP contribution < -0.4 is 0 Å². The molecule has 4 heteroatoms. The number of hydrogen-bond donors (Lipinski definition) is 1. The molecule has 0 saturated carbocycles. The number of rotatable bonds is 3. The summed E-state index contributed by atoms with van der Waals surface area (Å²) in [5.74, 6) is 1.89. The van der Waals surface area contributed by atoms with Crippen LogP contribution in [0.2, 0.25) is 0 Å². The minimum absolute atomic E-state index is 0.109. The highest BCUT2D eigenvalue weighted by molar-refractivity contribution is 7.99. The van der Waals surface area contributed by atoms with Crippen molar-refractivity contribution in [2.24, 2.45) is 0 Å². The highest BCUT2D eigenvalue weighted by Crippen LogP contribution is 2.39. The molecule has 1 N–H and O–H groups in total. The number of aliphatic hydroxyl groups excluding tert-OH is 1. The zero-order valence-corrected chi connectivity index (χ0v) is 8.22. The molecule has 1 fully saturated rings. The van der Waals surface area contributed by atoms with Gasteiger partial charge in [0.1, 0.15) is 6.26 Å². The van der Waals surface area contributed by atoms with Crippen molar-refractivity contribution >= 4 is 11.8 Å². The SMILES string of the molecule is OCCc1nc(C2CCCS2)co1. The van der Waals surface area contributed by atoms with Crippen LogP contribution in [0.5, 0.6) is 0 Å². The van der Waals surface area contributed by atoms with Gasteiger partial charge in [-0.05, 0) is 18.6 Å². The van der Waals surface area contributed by atoms with Crippen LogP contribution in [0, 0.1) is 0 Å². The van der Waals surface area contributed by atoms with Gasteiger partial charge in [0.25, 0.3) is 0 Å². The van der Waals surface area contributed by atoms with Gasteiger partial charge in [-0.3, -0.25) is 0 Å². The molecule has 72 valence electrons. The molecule has 0 spiro atoms. The molecule has 1 aromatic heterocycles. The number of nitrogens with zero attached hydrogens (tertiary/aromatic N) is 1. The summed E-state index contributed by atoms with van der Waals surface area (Å²) >= 11 is 1.94. The van der Waals surface area contributed by atoms with Crippen molar-refractivity contribution < 1.29 is 9.52 Å². The van der Waals surface area contributed by atoms with Gasteiger partial charge < -0.3 is 9.52 Å². The standard InChI is InChI=1S/C9H13NO2S/c11-4-3-9-10-7(6-12-9)8-2-1-5-13-8/h6,8,11H,1-5H2. The molecule has 0 aromatic carbocycles. The average molecular weight is 199 g/mol. The van der Waals surface area contributed by atoms with Crippen LogP contribution in [0.3, 0.4) is 0 Å². The summed E-state index contributed by atoms with van der Waals surface area (Å²) in [5, 5.41) is 9.21. The summed E-state index contributed by atoms with van der Waals surface area (Å²) in [4.78, 5) is 4.33. The predicted molar refractivity (Wildman–Crippen MR) is 51.7 cm³/mol. The Bertz CT molecular complexity index is 268. The number of aliphatic hydroxyl groups is 1. The number of hydrogen-bond acceptors (Lipinski definition) is 4. The Kier molecular flexibility index (Phi) is 2.90. The van der Waals surface area contributed by atoms with E-state index in [2.05, 4.69) is 4.98 Å². The Morgan fingerprint density at radius 3 is 3.31 bits per heavy atom. The minimum atomic E-state index is 0.109. The molecule has 1 aromatic rings. The molecule has 1 atom stereocenters. The Morgan fingerprint density at radius 2 is 2.62 bits per heavy atom. The van der Waals surface area contributed by atoms with Gasteiger partial charge in [-0.2, -0.15) is 11.8 Å². The molecule has 2 rings (SSSR count). The Morgan fingerprint density at radius 1 is 1.69 bits per heavy atom. The molecule has 0 radical (unpaired) electrons. The fourth-order valence-electron chi connectivity index (χ4n) is 1.49. The first-order valence-corrected chi connectivity index (χ1v) is 5.62. The van der Waals surface area contributed by atoms with Crippen LogP contribution >= 0.6 is 11.8 Å². The van der Waals surface area contributed by atoms with Crippen LogP contribution in [0.15, 0.2) is 10.7 Å². The van der Waals surface area contributed by atoms with Gasteiger partial charge in [-0.25, -0.2) is 4.98 Å². The van der Waals surface area contributed by atoms with E-state index in [1.165, 1.54) is 18.6 Å². The summed E-state index contributed by atoms with van der Waals surface area (Å²) in [5.41, 5.74) is 1.05. The fourth-order valence-corrected chi connectivity index (χ4v) is 2.72. The molecule has 0 amide bonds. The van der Waals surface area contributed by atoms with Gasteiger partial charge in [0.15, 0.2) is 5.89 Å². The average Bonchev–Trinajstić information content (AvgIpc) is 2.70. The second-order valence-electron chi connectivity index (χ2n) is 3.14. The van der Waals surface area contributed by atoms with Gasteiger partial charge in [0.2, 0.25) is 0 Å². The highest BCUT2D eigenvalue weighted by atomic mass is 32.2. The third kappa shape index (κ3) is 2.06. The highest BCUT2D eigenvalue weighted by Gasteiger charge is 2.20. The van der Waals surface area contributed by atoms with Gasteiger partial charge in [0, 0.05) is 6.42 Å². The quantitative estimate of drug-likeness (QED) is 0.806. The van der Waals surface area contributed by atoms with Gasteiger partial charge in [-0.15, -0.1) is 0 Å². The first-order chi connectivity index (χ1) is 6.40. The summed E-state index contributed by atoms with van der Waals surface area (Å²) in [6, 6.07) is 0. The summed E-state index contributed by atoms with van der Waals surface area (Å²) < 4.78 is 5.23. The summed E-state index contributed by atoms with van der Waals surface area (Å²) in [6.45, 7) is 0.109. The number of aromatic nitrogens is 1. The smallest absolute Gasteiger partial charge is 0.196 e. The molecule has 0 aliphatic carbocycles. The monoisotopic (exact) mass is 199 g/mol. The molecule has 1 aliphatic rings. The molecule has 1 aliphatic heterocycles. The van der Waals surface area contributed by atoms with E-state index in [1.807, 2.05) is 11.8 Å². The second-order valence-corrected chi connectivity index (χ2v) is 4.45. The van der Waals surface area contributed by atoms with E-state index >= 15 is 0 Å². The van der Waals surface area contributed by atoms with Crippen molar-refractivity contribution in [1.29, 1.82) is 0 Å². The van der Waals surface area contributed by atoms with Crippen molar-refractivity contribution in [2.45, 2.75) is 24.5 Å². The molecule has 3 nitrogen and oxygen atoms in total. The lowest BCUT2D eigenvalue weighted by molar-refractivity contribution is 0.285. The lowest BCUT2D eigenvalue weighted by Crippen LogP contribution is -1.93. The number of thioether (sulfide) groups is 1. The van der Waals surface area contributed by atoms with Crippen LogP contribution in [0.25, 0.3) is 0 Å². The largest absolute Gasteiger partial charge is 0.449 e. The van der Waals surface area contributed by atoms with E-state index in [9.17, 15) is 0 Å². The van der Waals surface area contributed by atoms with E-state index in [0.717, 1.165) is 5.69 Å². The molecule has 13 heavy (non-hydrogen) atoms. The van der Waals surface area contributed by atoms with E-state index in [0.29, 0.717) is 17.6 Å². The van der Waals surface area contributed by atoms with Crippen molar-refractivity contribution in [3.8, 4) is 0 Å². The first-order valence-electron chi connectivity index (χ1n) is 4.57. The maximum atomic E-state index is 8.69. The van der Waals surface area contributed by atoms with Gasteiger partial charge >= 0.3 is 0 Å². The maximum absolute atomic E-state index is 8.69. The molecule has 2 heterocycles. The Balaban J connectivity index is 2.03. The zero-order valence-electron chi connectivity index (χ0n) is 7.40. The van der Waals surface area contributed by atoms with Crippen LogP contribution in [0.1, 0.15) is 29.7 Å². The molecular formula is C9H13NO2S. The lowest BCUT2D eigenvalue weighted by Gasteiger charge is -2.00. The summed E-state index contributed by atoms with van der Waals surface area (Å²) in [6.07, 6.45) is 4.73. The minimum Gasteiger partial charge on any atom is -0.449 e. The fraction of sp³-hybridized carbons (Fsp3) is 0.667. The van der Waals surface area contributed by atoms with Crippen LogP contribution in [0.4, 0.5) is 0 Å². The van der Waals surface area contributed by atoms with Crippen molar-refractivity contribution in [1.82, 2.24) is 4.98 Å². The van der Waals surface area contributed by atoms with E-state index < -0.39 is 0 Å². The van der Waals surface area contributed by atoms with Crippen molar-refractivity contribution in [3.05, 3.63) is 17.8 Å². The zero-order chi connectivity index (χ0) is 9.10. The topological polar surface area (TPSA) is 46.3 Å². The molecular weight excluding hydrogens is 186 g/mol. The Labute approximate surface area is 81.5 Å². The van der Waals surface area contributed by atoms with Crippen molar-refractivity contribution in [3.63, 3.8) is 0 Å². The second kappa shape index (κ2) is 4.15. The first kappa shape index (κ1) is 9.09.